The van der Waals surface area contributed by atoms with Gasteiger partial charge in [0, 0.05) is 12.5 Å². The van der Waals surface area contributed by atoms with E-state index >= 15 is 0 Å². The van der Waals surface area contributed by atoms with Gasteiger partial charge in [-0.1, -0.05) is 36.2 Å². The van der Waals surface area contributed by atoms with Crippen LogP contribution in [0.2, 0.25) is 10.0 Å². The molecule has 17 heavy (non-hydrogen) atoms. The van der Waals surface area contributed by atoms with Crippen molar-refractivity contribution >= 4 is 29.1 Å². The van der Waals surface area contributed by atoms with Crippen LogP contribution in [0.5, 0.6) is 0 Å². The molecular weight excluding hydrogens is 257 g/mol. The van der Waals surface area contributed by atoms with Crippen LogP contribution in [0.15, 0.2) is 18.2 Å². The van der Waals surface area contributed by atoms with Crippen LogP contribution in [0.3, 0.4) is 0 Å². The van der Waals surface area contributed by atoms with Crippen LogP contribution in [0.4, 0.5) is 0 Å². The lowest BCUT2D eigenvalue weighted by molar-refractivity contribution is -0.121. The maximum Gasteiger partial charge on any atom is 0.220 e. The average Bonchev–Trinajstić information content (AvgIpc) is 2.30. The van der Waals surface area contributed by atoms with Gasteiger partial charge in [-0.15, -0.1) is 0 Å². The minimum Gasteiger partial charge on any atom is -0.354 e. The minimum atomic E-state index is 0.0745. The smallest absolute Gasteiger partial charge is 0.220 e. The summed E-state index contributed by atoms with van der Waals surface area (Å²) in [5.74, 6) is 0.0745. The molecule has 1 aromatic rings. The monoisotopic (exact) mass is 273 g/mol. The molecule has 0 saturated carbocycles. The summed E-state index contributed by atoms with van der Waals surface area (Å²) in [6.45, 7) is 4.04. The van der Waals surface area contributed by atoms with E-state index in [2.05, 4.69) is 5.32 Å². The number of carbonyl (C=O) groups is 1. The molecule has 0 aliphatic carbocycles. The Morgan fingerprint density at radius 1 is 1.35 bits per heavy atom. The molecule has 1 rings (SSSR count). The van der Waals surface area contributed by atoms with Crippen molar-refractivity contribution in [3.05, 3.63) is 33.8 Å². The van der Waals surface area contributed by atoms with Crippen LogP contribution < -0.4 is 5.32 Å². The third kappa shape index (κ3) is 4.97. The molecule has 2 nitrogen and oxygen atoms in total. The van der Waals surface area contributed by atoms with Crippen molar-refractivity contribution < 1.29 is 4.79 Å². The van der Waals surface area contributed by atoms with Crippen molar-refractivity contribution in [1.82, 2.24) is 5.32 Å². The molecule has 0 aromatic heterocycles. The molecule has 1 amide bonds. The Kier molecular flexibility index (Phi) is 5.79. The molecular formula is C13H17Cl2NO. The molecule has 0 aliphatic heterocycles. The zero-order chi connectivity index (χ0) is 12.8. The second-order valence-electron chi connectivity index (χ2n) is 4.13. The molecule has 94 valence electrons. The second kappa shape index (κ2) is 6.87. The summed E-state index contributed by atoms with van der Waals surface area (Å²) in [7, 11) is 0. The van der Waals surface area contributed by atoms with E-state index in [0.29, 0.717) is 22.9 Å². The van der Waals surface area contributed by atoms with Gasteiger partial charge in [-0.2, -0.15) is 0 Å². The first kappa shape index (κ1) is 14.3. The average molecular weight is 274 g/mol. The standard InChI is InChI=1S/C13H17Cl2NO/c1-3-9(2)16-13(17)7-5-10-4-6-11(14)12(15)8-10/h4,6,8-9H,3,5,7H2,1-2H3,(H,16,17)/t9-/m0/s1. The Bertz CT molecular complexity index is 393. The number of rotatable bonds is 5. The van der Waals surface area contributed by atoms with E-state index in [1.54, 1.807) is 12.1 Å². The molecule has 0 aliphatic rings. The Morgan fingerprint density at radius 2 is 2.06 bits per heavy atom. The fourth-order valence-corrected chi connectivity index (χ4v) is 1.72. The lowest BCUT2D eigenvalue weighted by Crippen LogP contribution is -2.31. The van der Waals surface area contributed by atoms with E-state index in [1.807, 2.05) is 19.9 Å². The molecule has 1 aromatic carbocycles. The van der Waals surface area contributed by atoms with E-state index in [-0.39, 0.29) is 11.9 Å². The van der Waals surface area contributed by atoms with E-state index in [0.717, 1.165) is 12.0 Å². The molecule has 0 fully saturated rings. The lowest BCUT2D eigenvalue weighted by Gasteiger charge is -2.11. The number of hydrogen-bond donors (Lipinski definition) is 1. The third-order valence-corrected chi connectivity index (χ3v) is 3.38. The second-order valence-corrected chi connectivity index (χ2v) is 4.94. The predicted octanol–water partition coefficient (Wildman–Crippen LogP) is 3.84. The predicted molar refractivity (Wildman–Crippen MR) is 72.7 cm³/mol. The SMILES string of the molecule is CC[C@H](C)NC(=O)CCc1ccc(Cl)c(Cl)c1. The zero-order valence-electron chi connectivity index (χ0n) is 10.1. The largest absolute Gasteiger partial charge is 0.354 e. The van der Waals surface area contributed by atoms with Crippen molar-refractivity contribution in [2.45, 2.75) is 39.2 Å². The fourth-order valence-electron chi connectivity index (χ4n) is 1.40. The minimum absolute atomic E-state index is 0.0745. The highest BCUT2D eigenvalue weighted by molar-refractivity contribution is 6.42. The Labute approximate surface area is 112 Å². The number of hydrogen-bond acceptors (Lipinski definition) is 1. The van der Waals surface area contributed by atoms with Gasteiger partial charge in [0.15, 0.2) is 0 Å². The van der Waals surface area contributed by atoms with Gasteiger partial charge in [0.1, 0.15) is 0 Å². The Balaban J connectivity index is 2.45. The molecule has 0 unspecified atom stereocenters. The van der Waals surface area contributed by atoms with Crippen LogP contribution in [0, 0.1) is 0 Å². The molecule has 1 atom stereocenters. The number of benzene rings is 1. The van der Waals surface area contributed by atoms with Gasteiger partial charge < -0.3 is 5.32 Å². The summed E-state index contributed by atoms with van der Waals surface area (Å²) >= 11 is 11.7. The quantitative estimate of drug-likeness (QED) is 0.868. The number of carbonyl (C=O) groups excluding carboxylic acids is 1. The maximum atomic E-state index is 11.6. The molecule has 0 radical (unpaired) electrons. The molecule has 0 heterocycles. The van der Waals surface area contributed by atoms with Crippen molar-refractivity contribution in [2.75, 3.05) is 0 Å². The number of aryl methyl sites for hydroxylation is 1. The van der Waals surface area contributed by atoms with Crippen molar-refractivity contribution in [3.63, 3.8) is 0 Å². The highest BCUT2D eigenvalue weighted by atomic mass is 35.5. The summed E-state index contributed by atoms with van der Waals surface area (Å²) in [6.07, 6.45) is 2.10. The van der Waals surface area contributed by atoms with Crippen molar-refractivity contribution in [2.24, 2.45) is 0 Å². The topological polar surface area (TPSA) is 29.1 Å². The zero-order valence-corrected chi connectivity index (χ0v) is 11.6. The first-order valence-electron chi connectivity index (χ1n) is 5.76. The van der Waals surface area contributed by atoms with Gasteiger partial charge in [0.2, 0.25) is 5.91 Å². The van der Waals surface area contributed by atoms with Gasteiger partial charge in [0.25, 0.3) is 0 Å². The highest BCUT2D eigenvalue weighted by Crippen LogP contribution is 2.23. The van der Waals surface area contributed by atoms with Gasteiger partial charge in [0.05, 0.1) is 10.0 Å². The number of nitrogens with one attached hydrogen (secondary N) is 1. The van der Waals surface area contributed by atoms with Crippen LogP contribution in [-0.4, -0.2) is 11.9 Å². The summed E-state index contributed by atoms with van der Waals surface area (Å²) in [6, 6.07) is 5.69. The molecule has 4 heteroatoms. The van der Waals surface area contributed by atoms with Gasteiger partial charge in [-0.05, 0) is 37.5 Å². The van der Waals surface area contributed by atoms with E-state index in [4.69, 9.17) is 23.2 Å². The molecule has 0 saturated heterocycles. The first-order valence-corrected chi connectivity index (χ1v) is 6.51. The maximum absolute atomic E-state index is 11.6. The number of amides is 1. The summed E-state index contributed by atoms with van der Waals surface area (Å²) < 4.78 is 0. The molecule has 0 spiro atoms. The third-order valence-electron chi connectivity index (χ3n) is 2.64. The Morgan fingerprint density at radius 3 is 2.65 bits per heavy atom. The molecule has 1 N–H and O–H groups in total. The Hall–Kier alpha value is -0.730. The van der Waals surface area contributed by atoms with Gasteiger partial charge >= 0.3 is 0 Å². The number of halogens is 2. The highest BCUT2D eigenvalue weighted by Gasteiger charge is 2.06. The van der Waals surface area contributed by atoms with E-state index in [1.165, 1.54) is 0 Å². The fraction of sp³-hybridized carbons (Fsp3) is 0.462. The van der Waals surface area contributed by atoms with Crippen molar-refractivity contribution in [1.29, 1.82) is 0 Å². The van der Waals surface area contributed by atoms with Crippen LogP contribution in [0.1, 0.15) is 32.3 Å². The van der Waals surface area contributed by atoms with E-state index < -0.39 is 0 Å². The summed E-state index contributed by atoms with van der Waals surface area (Å²) in [4.78, 5) is 11.6. The van der Waals surface area contributed by atoms with E-state index in [9.17, 15) is 4.79 Å². The van der Waals surface area contributed by atoms with Crippen molar-refractivity contribution in [3.8, 4) is 0 Å². The van der Waals surface area contributed by atoms with Gasteiger partial charge in [-0.25, -0.2) is 0 Å². The first-order chi connectivity index (χ1) is 8.02. The van der Waals surface area contributed by atoms with Crippen LogP contribution in [0.25, 0.3) is 0 Å². The summed E-state index contributed by atoms with van der Waals surface area (Å²) in [5.41, 5.74) is 1.03. The van der Waals surface area contributed by atoms with Crippen LogP contribution >= 0.6 is 23.2 Å². The lowest BCUT2D eigenvalue weighted by atomic mass is 10.1. The summed E-state index contributed by atoms with van der Waals surface area (Å²) in [5, 5.41) is 4.00. The van der Waals surface area contributed by atoms with Crippen LogP contribution in [-0.2, 0) is 11.2 Å². The normalized spacial score (nSPS) is 12.2. The van der Waals surface area contributed by atoms with Gasteiger partial charge in [-0.3, -0.25) is 4.79 Å². The molecule has 0 bridgehead atoms.